The quantitative estimate of drug-likeness (QED) is 0.708. The van der Waals surface area contributed by atoms with Crippen molar-refractivity contribution in [2.45, 2.75) is 46.6 Å². The van der Waals surface area contributed by atoms with Crippen molar-refractivity contribution in [1.29, 1.82) is 0 Å². The fraction of sp³-hybridized carbons (Fsp3) is 0.429. The molecule has 0 radical (unpaired) electrons. The maximum atomic E-state index is 13.0. The number of amides is 1. The average Bonchev–Trinajstić information content (AvgIpc) is 3.03. The molecule has 2 heterocycles. The Hall–Kier alpha value is -2.61. The van der Waals surface area contributed by atoms with E-state index in [1.165, 1.54) is 29.1 Å². The number of nitrogens with zero attached hydrogens (tertiary/aromatic N) is 3. The van der Waals surface area contributed by atoms with Gasteiger partial charge in [-0.05, 0) is 60.4 Å². The van der Waals surface area contributed by atoms with Gasteiger partial charge >= 0.3 is 0 Å². The largest absolute Gasteiger partial charge is 0.324 e. The van der Waals surface area contributed by atoms with E-state index >= 15 is 0 Å². The van der Waals surface area contributed by atoms with Gasteiger partial charge < -0.3 is 5.32 Å². The summed E-state index contributed by atoms with van der Waals surface area (Å²) >= 11 is 1.54. The molecule has 0 saturated carbocycles. The lowest BCUT2D eigenvalue weighted by molar-refractivity contribution is -0.117. The first-order chi connectivity index (χ1) is 13.7. The molecule has 8 heteroatoms. The fourth-order valence-electron chi connectivity index (χ4n) is 3.84. The smallest absolute Gasteiger partial charge is 0.279 e. The van der Waals surface area contributed by atoms with Crippen molar-refractivity contribution in [1.82, 2.24) is 15.0 Å². The molecule has 4 rings (SSSR count). The van der Waals surface area contributed by atoms with Gasteiger partial charge in [-0.25, -0.2) is 9.07 Å². The lowest BCUT2D eigenvalue weighted by atomic mass is 9.72. The highest BCUT2D eigenvalue weighted by molar-refractivity contribution is 7.18. The summed E-state index contributed by atoms with van der Waals surface area (Å²) in [6.45, 7) is 6.52. The van der Waals surface area contributed by atoms with Crippen molar-refractivity contribution in [3.63, 3.8) is 0 Å². The molecule has 29 heavy (non-hydrogen) atoms. The van der Waals surface area contributed by atoms with Crippen LogP contribution < -0.4 is 10.9 Å². The first-order valence-electron chi connectivity index (χ1n) is 9.66. The first-order valence-corrected chi connectivity index (χ1v) is 10.5. The third kappa shape index (κ3) is 3.94. The number of aromatic nitrogens is 3. The SMILES string of the molecule is CC(C)(C)[C@H]1CCc2c(sc3nnn(CC(=O)Nc4ccc(F)cc4)c(=O)c23)C1. The van der Waals surface area contributed by atoms with E-state index in [2.05, 4.69) is 36.4 Å². The van der Waals surface area contributed by atoms with Crippen LogP contribution in [0.1, 0.15) is 37.6 Å². The molecule has 0 aliphatic heterocycles. The predicted octanol–water partition coefficient (Wildman–Crippen LogP) is 3.78. The monoisotopic (exact) mass is 414 g/mol. The van der Waals surface area contributed by atoms with Crippen molar-refractivity contribution in [3.8, 4) is 0 Å². The number of thiophene rings is 1. The normalized spacial score (nSPS) is 16.6. The Kier molecular flexibility index (Phi) is 4.98. The maximum absolute atomic E-state index is 13.0. The minimum absolute atomic E-state index is 0.220. The molecule has 1 aromatic carbocycles. The number of carbonyl (C=O) groups is 1. The summed E-state index contributed by atoms with van der Waals surface area (Å²) in [4.78, 5) is 27.2. The van der Waals surface area contributed by atoms with Gasteiger partial charge in [-0.3, -0.25) is 9.59 Å². The number of hydrogen-bond donors (Lipinski definition) is 1. The van der Waals surface area contributed by atoms with Crippen LogP contribution in [0.4, 0.5) is 10.1 Å². The summed E-state index contributed by atoms with van der Waals surface area (Å²) in [6.07, 6.45) is 2.83. The summed E-state index contributed by atoms with van der Waals surface area (Å²) in [5.74, 6) is -0.226. The van der Waals surface area contributed by atoms with Crippen molar-refractivity contribution < 1.29 is 9.18 Å². The number of aryl methyl sites for hydroxylation is 1. The van der Waals surface area contributed by atoms with Crippen molar-refractivity contribution in [3.05, 3.63) is 50.9 Å². The third-order valence-corrected chi connectivity index (χ3v) is 6.72. The Morgan fingerprint density at radius 1 is 1.31 bits per heavy atom. The highest BCUT2D eigenvalue weighted by atomic mass is 32.1. The summed E-state index contributed by atoms with van der Waals surface area (Å²) in [5.41, 5.74) is 1.46. The zero-order valence-corrected chi connectivity index (χ0v) is 17.5. The zero-order chi connectivity index (χ0) is 20.8. The number of fused-ring (bicyclic) bond motifs is 3. The number of rotatable bonds is 3. The summed E-state index contributed by atoms with van der Waals surface area (Å²) in [5, 5.41) is 11.4. The highest BCUT2D eigenvalue weighted by Gasteiger charge is 2.32. The average molecular weight is 415 g/mol. The van der Waals surface area contributed by atoms with Gasteiger partial charge in [-0.2, -0.15) is 0 Å². The molecule has 1 aliphatic carbocycles. The van der Waals surface area contributed by atoms with Gasteiger partial charge in [-0.15, -0.1) is 16.4 Å². The van der Waals surface area contributed by atoms with Crippen LogP contribution in [0.15, 0.2) is 29.1 Å². The number of carbonyl (C=O) groups excluding carboxylic acids is 1. The Morgan fingerprint density at radius 2 is 2.03 bits per heavy atom. The number of anilines is 1. The van der Waals surface area contributed by atoms with E-state index in [9.17, 15) is 14.0 Å². The van der Waals surface area contributed by atoms with E-state index in [-0.39, 0.29) is 23.3 Å². The Bertz CT molecular complexity index is 1130. The van der Waals surface area contributed by atoms with Gasteiger partial charge in [0.25, 0.3) is 5.56 Å². The van der Waals surface area contributed by atoms with Crippen LogP contribution in [-0.4, -0.2) is 20.9 Å². The summed E-state index contributed by atoms with van der Waals surface area (Å²) in [7, 11) is 0. The molecule has 1 atom stereocenters. The molecule has 2 aromatic heterocycles. The summed E-state index contributed by atoms with van der Waals surface area (Å²) < 4.78 is 14.1. The molecule has 0 unspecified atom stereocenters. The molecule has 1 amide bonds. The zero-order valence-electron chi connectivity index (χ0n) is 16.7. The molecule has 3 aromatic rings. The van der Waals surface area contributed by atoms with Crippen LogP contribution >= 0.6 is 11.3 Å². The fourth-order valence-corrected chi connectivity index (χ4v) is 5.07. The Balaban J connectivity index is 1.59. The minimum Gasteiger partial charge on any atom is -0.324 e. The molecular weight excluding hydrogens is 391 g/mol. The first kappa shape index (κ1) is 19.7. The lowest BCUT2D eigenvalue weighted by Gasteiger charge is -2.33. The van der Waals surface area contributed by atoms with Gasteiger partial charge in [0.2, 0.25) is 5.91 Å². The lowest BCUT2D eigenvalue weighted by Crippen LogP contribution is -2.31. The van der Waals surface area contributed by atoms with E-state index in [0.29, 0.717) is 21.8 Å². The van der Waals surface area contributed by atoms with Crippen LogP contribution in [0, 0.1) is 17.2 Å². The number of hydrogen-bond acceptors (Lipinski definition) is 5. The van der Waals surface area contributed by atoms with E-state index in [1.54, 1.807) is 11.3 Å². The third-order valence-electron chi connectivity index (χ3n) is 5.58. The van der Waals surface area contributed by atoms with Gasteiger partial charge in [0, 0.05) is 10.6 Å². The topological polar surface area (TPSA) is 76.9 Å². The van der Waals surface area contributed by atoms with Crippen molar-refractivity contribution in [2.24, 2.45) is 11.3 Å². The minimum atomic E-state index is -0.413. The number of nitrogens with one attached hydrogen (secondary N) is 1. The molecule has 0 fully saturated rings. The van der Waals surface area contributed by atoms with Crippen molar-refractivity contribution in [2.75, 3.05) is 5.32 Å². The van der Waals surface area contributed by atoms with E-state index in [1.807, 2.05) is 0 Å². The molecule has 1 N–H and O–H groups in total. The second kappa shape index (κ2) is 7.33. The predicted molar refractivity (Wildman–Crippen MR) is 112 cm³/mol. The van der Waals surface area contributed by atoms with Crippen LogP contribution in [0.3, 0.4) is 0 Å². The van der Waals surface area contributed by atoms with Crippen LogP contribution in [0.5, 0.6) is 0 Å². The van der Waals surface area contributed by atoms with Gasteiger partial charge in [0.05, 0.1) is 5.39 Å². The molecule has 0 spiro atoms. The van der Waals surface area contributed by atoms with E-state index in [0.717, 1.165) is 29.5 Å². The standard InChI is InChI=1S/C21H23FN4O2S/c1-21(2,3)12-4-9-15-16(10-12)29-19-18(15)20(28)26(25-24-19)11-17(27)23-14-7-5-13(22)6-8-14/h5-8,12H,4,9-11H2,1-3H3,(H,23,27)/t12-/m0/s1. The van der Waals surface area contributed by atoms with Gasteiger partial charge in [-0.1, -0.05) is 26.0 Å². The molecule has 152 valence electrons. The Morgan fingerprint density at radius 3 is 2.72 bits per heavy atom. The number of benzene rings is 1. The maximum Gasteiger partial charge on any atom is 0.279 e. The van der Waals surface area contributed by atoms with Crippen molar-refractivity contribution >= 4 is 33.1 Å². The molecule has 0 saturated heterocycles. The number of halogens is 1. The van der Waals surface area contributed by atoms with Crippen LogP contribution in [0.25, 0.3) is 10.2 Å². The molecule has 1 aliphatic rings. The van der Waals surface area contributed by atoms with Crippen LogP contribution in [-0.2, 0) is 24.2 Å². The highest BCUT2D eigenvalue weighted by Crippen LogP contribution is 2.41. The molecule has 6 nitrogen and oxygen atoms in total. The van der Waals surface area contributed by atoms with Gasteiger partial charge in [0.1, 0.15) is 12.4 Å². The van der Waals surface area contributed by atoms with E-state index < -0.39 is 5.91 Å². The summed E-state index contributed by atoms with van der Waals surface area (Å²) in [6, 6.07) is 5.45. The second-order valence-electron chi connectivity index (χ2n) is 8.60. The van der Waals surface area contributed by atoms with Crippen LogP contribution in [0.2, 0.25) is 0 Å². The molecule has 0 bridgehead atoms. The van der Waals surface area contributed by atoms with E-state index in [4.69, 9.17) is 0 Å². The van der Waals surface area contributed by atoms with Gasteiger partial charge in [0.15, 0.2) is 4.83 Å². The Labute approximate surface area is 171 Å². The second-order valence-corrected chi connectivity index (χ2v) is 9.68. The molecular formula is C21H23FN4O2S.